The number of amides is 3. The van der Waals surface area contributed by atoms with E-state index >= 15 is 0 Å². The standard InChI is InChI=1S/C22H33N3O5/c1-14(2)12-18-17(21(27)25-29)6-4-5-11-30-16-9-7-15(8-10-16)13-19(22(28)23-3)24-20(18)26/h7-10,14,17-19,29H,4-6,11-13H2,1-3H3,(H,23,28)(H,24,26)(H,25,27)/t17-,18?,19-/m0/s1. The maximum absolute atomic E-state index is 13.2. The first-order valence-corrected chi connectivity index (χ1v) is 10.5. The second-order valence-corrected chi connectivity index (χ2v) is 8.19. The van der Waals surface area contributed by atoms with Crippen molar-refractivity contribution in [1.82, 2.24) is 16.1 Å². The number of rotatable bonds is 4. The van der Waals surface area contributed by atoms with Crippen molar-refractivity contribution in [3.63, 3.8) is 0 Å². The van der Waals surface area contributed by atoms with Gasteiger partial charge in [-0.2, -0.15) is 0 Å². The summed E-state index contributed by atoms with van der Waals surface area (Å²) in [5.41, 5.74) is 2.60. The molecule has 3 atom stereocenters. The van der Waals surface area contributed by atoms with Crippen molar-refractivity contribution in [2.45, 2.75) is 52.0 Å². The molecule has 30 heavy (non-hydrogen) atoms. The molecule has 0 fully saturated rings. The SMILES string of the molecule is CNC(=O)[C@@H]1Cc2ccc(cc2)OCCCC[C@H](C(=O)NO)C(CC(C)C)C(=O)N1. The van der Waals surface area contributed by atoms with Gasteiger partial charge in [0.15, 0.2) is 0 Å². The van der Waals surface area contributed by atoms with Crippen LogP contribution in [0.1, 0.15) is 45.1 Å². The molecular weight excluding hydrogens is 386 g/mol. The highest BCUT2D eigenvalue weighted by Gasteiger charge is 2.35. The maximum Gasteiger partial charge on any atom is 0.247 e. The zero-order valence-corrected chi connectivity index (χ0v) is 17.9. The molecular formula is C22H33N3O5. The second-order valence-electron chi connectivity index (χ2n) is 8.19. The summed E-state index contributed by atoms with van der Waals surface area (Å²) in [5.74, 6) is -1.70. The molecule has 8 nitrogen and oxygen atoms in total. The predicted molar refractivity (Wildman–Crippen MR) is 112 cm³/mol. The Morgan fingerprint density at radius 1 is 1.20 bits per heavy atom. The summed E-state index contributed by atoms with van der Waals surface area (Å²) in [7, 11) is 1.52. The molecule has 2 bridgehead atoms. The van der Waals surface area contributed by atoms with E-state index in [0.717, 1.165) is 11.3 Å². The van der Waals surface area contributed by atoms with Crippen molar-refractivity contribution >= 4 is 17.7 Å². The first kappa shape index (κ1) is 23.7. The van der Waals surface area contributed by atoms with Crippen LogP contribution >= 0.6 is 0 Å². The number of benzene rings is 1. The van der Waals surface area contributed by atoms with Gasteiger partial charge in [-0.1, -0.05) is 26.0 Å². The van der Waals surface area contributed by atoms with Crippen LogP contribution < -0.4 is 20.9 Å². The van der Waals surface area contributed by atoms with Crippen LogP contribution in [0.2, 0.25) is 0 Å². The molecule has 0 aliphatic carbocycles. The van der Waals surface area contributed by atoms with Gasteiger partial charge in [0, 0.05) is 19.4 Å². The molecule has 166 valence electrons. The highest BCUT2D eigenvalue weighted by Crippen LogP contribution is 2.27. The first-order valence-electron chi connectivity index (χ1n) is 10.5. The van der Waals surface area contributed by atoms with Crippen LogP contribution in [0.3, 0.4) is 0 Å². The summed E-state index contributed by atoms with van der Waals surface area (Å²) in [6.45, 7) is 4.44. The minimum absolute atomic E-state index is 0.158. The van der Waals surface area contributed by atoms with Crippen molar-refractivity contribution in [2.75, 3.05) is 13.7 Å². The smallest absolute Gasteiger partial charge is 0.247 e. The van der Waals surface area contributed by atoms with Crippen LogP contribution in [0.15, 0.2) is 24.3 Å². The van der Waals surface area contributed by atoms with Gasteiger partial charge in [-0.15, -0.1) is 0 Å². The summed E-state index contributed by atoms with van der Waals surface area (Å²) in [6.07, 6.45) is 2.60. The fourth-order valence-corrected chi connectivity index (χ4v) is 3.84. The average Bonchev–Trinajstić information content (AvgIpc) is 2.74. The predicted octanol–water partition coefficient (Wildman–Crippen LogP) is 1.81. The van der Waals surface area contributed by atoms with Crippen LogP contribution in [0.4, 0.5) is 0 Å². The van der Waals surface area contributed by atoms with Crippen molar-refractivity contribution < 1.29 is 24.3 Å². The molecule has 3 rings (SSSR count). The van der Waals surface area contributed by atoms with E-state index in [0.29, 0.717) is 38.7 Å². The zero-order chi connectivity index (χ0) is 22.1. The fourth-order valence-electron chi connectivity index (χ4n) is 3.84. The van der Waals surface area contributed by atoms with Crippen LogP contribution in [0.25, 0.3) is 0 Å². The molecule has 0 radical (unpaired) electrons. The number of likely N-dealkylation sites (N-methyl/N-ethyl adjacent to an activating group) is 1. The molecule has 1 unspecified atom stereocenters. The van der Waals surface area contributed by atoms with Crippen molar-refractivity contribution in [2.24, 2.45) is 17.8 Å². The Bertz CT molecular complexity index is 720. The van der Waals surface area contributed by atoms with Gasteiger partial charge in [0.2, 0.25) is 17.7 Å². The van der Waals surface area contributed by atoms with E-state index in [4.69, 9.17) is 4.74 Å². The van der Waals surface area contributed by atoms with E-state index < -0.39 is 23.8 Å². The topological polar surface area (TPSA) is 117 Å². The molecule has 3 amide bonds. The van der Waals surface area contributed by atoms with Gasteiger partial charge in [0.1, 0.15) is 11.8 Å². The Morgan fingerprint density at radius 2 is 1.90 bits per heavy atom. The van der Waals surface area contributed by atoms with Gasteiger partial charge in [0.05, 0.1) is 12.5 Å². The lowest BCUT2D eigenvalue weighted by Gasteiger charge is -2.28. The zero-order valence-electron chi connectivity index (χ0n) is 17.9. The second kappa shape index (κ2) is 11.5. The molecule has 0 aromatic heterocycles. The quantitative estimate of drug-likeness (QED) is 0.439. The molecule has 1 aromatic carbocycles. The lowest BCUT2D eigenvalue weighted by molar-refractivity contribution is -0.142. The Morgan fingerprint density at radius 3 is 2.50 bits per heavy atom. The third-order valence-corrected chi connectivity index (χ3v) is 5.42. The molecule has 2 aliphatic rings. The highest BCUT2D eigenvalue weighted by atomic mass is 16.5. The monoisotopic (exact) mass is 419 g/mol. The molecule has 0 saturated heterocycles. The summed E-state index contributed by atoms with van der Waals surface area (Å²) in [6, 6.07) is 6.68. The van der Waals surface area contributed by atoms with E-state index in [-0.39, 0.29) is 17.7 Å². The molecule has 4 N–H and O–H groups in total. The van der Waals surface area contributed by atoms with Crippen molar-refractivity contribution in [3.8, 4) is 5.75 Å². The lowest BCUT2D eigenvalue weighted by atomic mass is 9.81. The maximum atomic E-state index is 13.2. The van der Waals surface area contributed by atoms with Gasteiger partial charge in [-0.3, -0.25) is 19.6 Å². The Balaban J connectivity index is 2.36. The van der Waals surface area contributed by atoms with E-state index in [2.05, 4.69) is 10.6 Å². The number of hydrogen-bond acceptors (Lipinski definition) is 5. The van der Waals surface area contributed by atoms with Gasteiger partial charge < -0.3 is 15.4 Å². The van der Waals surface area contributed by atoms with Crippen LogP contribution in [0.5, 0.6) is 5.75 Å². The number of carbonyl (C=O) groups is 3. The Labute approximate surface area is 177 Å². The van der Waals surface area contributed by atoms with Crippen LogP contribution in [-0.2, 0) is 20.8 Å². The highest BCUT2D eigenvalue weighted by molar-refractivity contribution is 5.91. The number of ether oxygens (including phenoxy) is 1. The molecule has 2 aliphatic heterocycles. The molecule has 2 heterocycles. The van der Waals surface area contributed by atoms with E-state index in [9.17, 15) is 19.6 Å². The summed E-state index contributed by atoms with van der Waals surface area (Å²) >= 11 is 0. The largest absolute Gasteiger partial charge is 0.494 e. The van der Waals surface area contributed by atoms with Crippen LogP contribution in [-0.4, -0.2) is 42.6 Å². The Hall–Kier alpha value is -2.61. The minimum Gasteiger partial charge on any atom is -0.494 e. The number of hydrogen-bond donors (Lipinski definition) is 4. The molecule has 0 saturated carbocycles. The fraction of sp³-hybridized carbons (Fsp3) is 0.591. The minimum atomic E-state index is -0.771. The van der Waals surface area contributed by atoms with E-state index in [1.54, 1.807) is 5.48 Å². The summed E-state index contributed by atoms with van der Waals surface area (Å²) in [5, 5.41) is 14.7. The Kier molecular flexibility index (Phi) is 9.11. The molecule has 0 spiro atoms. The van der Waals surface area contributed by atoms with Gasteiger partial charge in [-0.05, 0) is 49.3 Å². The summed E-state index contributed by atoms with van der Waals surface area (Å²) in [4.78, 5) is 38.1. The lowest BCUT2D eigenvalue weighted by Crippen LogP contribution is -2.51. The van der Waals surface area contributed by atoms with Crippen LogP contribution in [0, 0.1) is 17.8 Å². The van der Waals surface area contributed by atoms with E-state index in [1.165, 1.54) is 7.05 Å². The first-order chi connectivity index (χ1) is 14.3. The number of fused-ring (bicyclic) bond motifs is 12. The molecule has 8 heteroatoms. The number of carbonyl (C=O) groups excluding carboxylic acids is 3. The normalized spacial score (nSPS) is 23.0. The van der Waals surface area contributed by atoms with Gasteiger partial charge in [0.25, 0.3) is 0 Å². The average molecular weight is 420 g/mol. The van der Waals surface area contributed by atoms with Gasteiger partial charge in [-0.25, -0.2) is 5.48 Å². The number of nitrogens with one attached hydrogen (secondary N) is 3. The summed E-state index contributed by atoms with van der Waals surface area (Å²) < 4.78 is 5.75. The third-order valence-electron chi connectivity index (χ3n) is 5.42. The molecule has 1 aromatic rings. The van der Waals surface area contributed by atoms with Crippen molar-refractivity contribution in [3.05, 3.63) is 29.8 Å². The van der Waals surface area contributed by atoms with E-state index in [1.807, 2.05) is 38.1 Å². The van der Waals surface area contributed by atoms with Crippen molar-refractivity contribution in [1.29, 1.82) is 0 Å². The number of hydroxylamine groups is 1. The van der Waals surface area contributed by atoms with Gasteiger partial charge >= 0.3 is 0 Å². The third kappa shape index (κ3) is 6.73.